The third-order valence-corrected chi connectivity index (χ3v) is 2.22. The van der Waals surface area contributed by atoms with E-state index in [-0.39, 0.29) is 12.1 Å². The van der Waals surface area contributed by atoms with E-state index in [4.69, 9.17) is 5.11 Å². The van der Waals surface area contributed by atoms with E-state index in [0.29, 0.717) is 0 Å². The number of hydrogen-bond acceptors (Lipinski definition) is 2. The van der Waals surface area contributed by atoms with Crippen molar-refractivity contribution in [1.29, 1.82) is 0 Å². The van der Waals surface area contributed by atoms with Crippen LogP contribution in [0.1, 0.15) is 20.3 Å². The van der Waals surface area contributed by atoms with E-state index in [9.17, 15) is 18.4 Å². The fourth-order valence-electron chi connectivity index (χ4n) is 1.47. The van der Waals surface area contributed by atoms with E-state index in [1.165, 1.54) is 19.9 Å². The highest BCUT2D eigenvalue weighted by molar-refractivity contribution is 5.90. The van der Waals surface area contributed by atoms with Crippen molar-refractivity contribution in [2.75, 3.05) is 5.32 Å². The molecule has 2 amide bonds. The van der Waals surface area contributed by atoms with Crippen molar-refractivity contribution < 1.29 is 23.5 Å². The van der Waals surface area contributed by atoms with Crippen LogP contribution < -0.4 is 10.6 Å². The van der Waals surface area contributed by atoms with Crippen LogP contribution in [0.5, 0.6) is 0 Å². The van der Waals surface area contributed by atoms with Gasteiger partial charge in [0, 0.05) is 17.3 Å². The summed E-state index contributed by atoms with van der Waals surface area (Å²) in [6, 6.07) is 2.21. The summed E-state index contributed by atoms with van der Waals surface area (Å²) in [6.45, 7) is 3.07. The predicted molar refractivity (Wildman–Crippen MR) is 64.8 cm³/mol. The topological polar surface area (TPSA) is 78.4 Å². The molecule has 1 rings (SSSR count). The summed E-state index contributed by atoms with van der Waals surface area (Å²) in [5.41, 5.74) is -0.892. The average Bonchev–Trinajstić information content (AvgIpc) is 2.20. The molecule has 0 aliphatic heterocycles. The van der Waals surface area contributed by atoms with Crippen molar-refractivity contribution in [3.63, 3.8) is 0 Å². The lowest BCUT2D eigenvalue weighted by Gasteiger charge is -2.24. The molecule has 0 bridgehead atoms. The molecule has 0 aromatic heterocycles. The molecular weight excluding hydrogens is 258 g/mol. The first-order chi connectivity index (χ1) is 8.69. The van der Waals surface area contributed by atoms with E-state index in [2.05, 4.69) is 10.6 Å². The second-order valence-corrected chi connectivity index (χ2v) is 4.66. The van der Waals surface area contributed by atoms with Crippen molar-refractivity contribution >= 4 is 17.7 Å². The van der Waals surface area contributed by atoms with Gasteiger partial charge >= 0.3 is 12.0 Å². The molecule has 104 valence electrons. The number of hydrogen-bond donors (Lipinski definition) is 3. The van der Waals surface area contributed by atoms with Gasteiger partial charge in [-0.15, -0.1) is 0 Å². The summed E-state index contributed by atoms with van der Waals surface area (Å²) in [7, 11) is 0. The molecule has 0 fully saturated rings. The van der Waals surface area contributed by atoms with Crippen molar-refractivity contribution in [2.45, 2.75) is 25.8 Å². The van der Waals surface area contributed by atoms with Crippen molar-refractivity contribution in [3.05, 3.63) is 29.8 Å². The zero-order chi connectivity index (χ0) is 14.6. The second kappa shape index (κ2) is 5.64. The molecule has 0 spiro atoms. The quantitative estimate of drug-likeness (QED) is 0.787. The molecule has 0 radical (unpaired) electrons. The van der Waals surface area contributed by atoms with Gasteiger partial charge in [-0.25, -0.2) is 13.6 Å². The van der Waals surface area contributed by atoms with Crippen LogP contribution in [-0.2, 0) is 4.79 Å². The monoisotopic (exact) mass is 272 g/mol. The van der Waals surface area contributed by atoms with Gasteiger partial charge in [-0.05, 0) is 26.0 Å². The molecule has 0 heterocycles. The maximum Gasteiger partial charge on any atom is 0.319 e. The molecule has 3 N–H and O–H groups in total. The Labute approximate surface area is 108 Å². The van der Waals surface area contributed by atoms with Gasteiger partial charge in [0.25, 0.3) is 0 Å². The van der Waals surface area contributed by atoms with Crippen LogP contribution in [0.3, 0.4) is 0 Å². The number of nitrogens with one attached hydrogen (secondary N) is 2. The first-order valence-corrected chi connectivity index (χ1v) is 5.45. The summed E-state index contributed by atoms with van der Waals surface area (Å²) in [5.74, 6) is -3.15. The summed E-state index contributed by atoms with van der Waals surface area (Å²) < 4.78 is 25.6. The first-order valence-electron chi connectivity index (χ1n) is 5.45. The zero-order valence-electron chi connectivity index (χ0n) is 10.5. The maximum atomic E-state index is 12.9. The molecule has 1 aromatic rings. The van der Waals surface area contributed by atoms with Crippen LogP contribution >= 0.6 is 0 Å². The number of aliphatic carboxylic acids is 1. The van der Waals surface area contributed by atoms with Crippen molar-refractivity contribution in [2.24, 2.45) is 0 Å². The standard InChI is InChI=1S/C12H14F2N2O3/c1-12(2,6-10(17)18)16-11(19)15-7-3-4-8(13)9(14)5-7/h3-5H,6H2,1-2H3,(H,17,18)(H2,15,16,19). The normalized spacial score (nSPS) is 10.9. The minimum absolute atomic E-state index is 0.0718. The lowest BCUT2D eigenvalue weighted by molar-refractivity contribution is -0.138. The van der Waals surface area contributed by atoms with Gasteiger partial charge in [-0.3, -0.25) is 4.79 Å². The minimum Gasteiger partial charge on any atom is -0.481 e. The number of benzene rings is 1. The van der Waals surface area contributed by atoms with Gasteiger partial charge in [-0.1, -0.05) is 0 Å². The van der Waals surface area contributed by atoms with E-state index in [1.54, 1.807) is 0 Å². The number of halogens is 2. The molecule has 7 heteroatoms. The molecule has 5 nitrogen and oxygen atoms in total. The summed E-state index contributed by atoms with van der Waals surface area (Å²) in [6.07, 6.45) is -0.266. The molecular formula is C12H14F2N2O3. The number of carboxylic acid groups (broad SMARTS) is 1. The highest BCUT2D eigenvalue weighted by atomic mass is 19.2. The third kappa shape index (κ3) is 4.90. The van der Waals surface area contributed by atoms with Gasteiger partial charge < -0.3 is 15.7 Å². The Kier molecular flexibility index (Phi) is 4.42. The highest BCUT2D eigenvalue weighted by Crippen LogP contribution is 2.14. The van der Waals surface area contributed by atoms with Gasteiger partial charge in [0.2, 0.25) is 0 Å². The fourth-order valence-corrected chi connectivity index (χ4v) is 1.47. The number of carbonyl (C=O) groups excluding carboxylic acids is 1. The number of carboxylic acids is 1. The Bertz CT molecular complexity index is 504. The van der Waals surface area contributed by atoms with Crippen LogP contribution in [0.4, 0.5) is 19.3 Å². The van der Waals surface area contributed by atoms with Gasteiger partial charge in [-0.2, -0.15) is 0 Å². The molecule has 19 heavy (non-hydrogen) atoms. The molecule has 0 unspecified atom stereocenters. The van der Waals surface area contributed by atoms with E-state index >= 15 is 0 Å². The van der Waals surface area contributed by atoms with Crippen LogP contribution in [0.25, 0.3) is 0 Å². The number of urea groups is 1. The third-order valence-electron chi connectivity index (χ3n) is 2.22. The smallest absolute Gasteiger partial charge is 0.319 e. The maximum absolute atomic E-state index is 12.9. The molecule has 0 saturated carbocycles. The largest absolute Gasteiger partial charge is 0.481 e. The summed E-state index contributed by atoms with van der Waals surface area (Å²) in [5, 5.41) is 13.4. The first kappa shape index (κ1) is 14.9. The van der Waals surface area contributed by atoms with Crippen molar-refractivity contribution in [3.8, 4) is 0 Å². The van der Waals surface area contributed by atoms with Crippen LogP contribution in [0.2, 0.25) is 0 Å². The van der Waals surface area contributed by atoms with Crippen LogP contribution in [0.15, 0.2) is 18.2 Å². The number of rotatable bonds is 4. The average molecular weight is 272 g/mol. The van der Waals surface area contributed by atoms with Gasteiger partial charge in [0.1, 0.15) is 0 Å². The van der Waals surface area contributed by atoms with Gasteiger partial charge in [0.05, 0.1) is 6.42 Å². The second-order valence-electron chi connectivity index (χ2n) is 4.66. The number of anilines is 1. The molecule has 0 saturated heterocycles. The molecule has 0 atom stereocenters. The number of amides is 2. The fraction of sp³-hybridized carbons (Fsp3) is 0.333. The van der Waals surface area contributed by atoms with Crippen LogP contribution in [0, 0.1) is 11.6 Å². The lowest BCUT2D eigenvalue weighted by Crippen LogP contribution is -2.46. The Morgan fingerprint density at radius 1 is 1.26 bits per heavy atom. The van der Waals surface area contributed by atoms with Crippen molar-refractivity contribution in [1.82, 2.24) is 5.32 Å². The minimum atomic E-state index is -1.08. The predicted octanol–water partition coefficient (Wildman–Crippen LogP) is 2.34. The Morgan fingerprint density at radius 2 is 1.89 bits per heavy atom. The number of carbonyl (C=O) groups is 2. The van der Waals surface area contributed by atoms with E-state index in [0.717, 1.165) is 12.1 Å². The zero-order valence-corrected chi connectivity index (χ0v) is 10.5. The SMILES string of the molecule is CC(C)(CC(=O)O)NC(=O)Nc1ccc(F)c(F)c1. The Morgan fingerprint density at radius 3 is 2.42 bits per heavy atom. The molecule has 0 aliphatic carbocycles. The van der Waals surface area contributed by atoms with E-state index < -0.39 is 29.2 Å². The molecule has 1 aromatic carbocycles. The Balaban J connectivity index is 2.64. The summed E-state index contributed by atoms with van der Waals surface area (Å²) in [4.78, 5) is 22.1. The van der Waals surface area contributed by atoms with E-state index in [1.807, 2.05) is 0 Å². The van der Waals surface area contributed by atoms with Crippen LogP contribution in [-0.4, -0.2) is 22.6 Å². The lowest BCUT2D eigenvalue weighted by atomic mass is 10.0. The Hall–Kier alpha value is -2.18. The molecule has 0 aliphatic rings. The van der Waals surface area contributed by atoms with Gasteiger partial charge in [0.15, 0.2) is 11.6 Å². The summed E-state index contributed by atoms with van der Waals surface area (Å²) >= 11 is 0. The highest BCUT2D eigenvalue weighted by Gasteiger charge is 2.23.